The van der Waals surface area contributed by atoms with Gasteiger partial charge >= 0.3 is 0 Å². The zero-order valence-corrected chi connectivity index (χ0v) is 17.4. The van der Waals surface area contributed by atoms with Crippen LogP contribution in [0.5, 0.6) is 5.75 Å². The van der Waals surface area contributed by atoms with Crippen LogP contribution >= 0.6 is 15.9 Å². The molecule has 0 radical (unpaired) electrons. The van der Waals surface area contributed by atoms with Crippen LogP contribution in [0.1, 0.15) is 12.0 Å². The van der Waals surface area contributed by atoms with Crippen LogP contribution in [0.2, 0.25) is 0 Å². The summed E-state index contributed by atoms with van der Waals surface area (Å²) in [6.07, 6.45) is 0.185. The first-order valence-corrected chi connectivity index (χ1v) is 11.9. The Balaban J connectivity index is 1.94. The maximum absolute atomic E-state index is 12.4. The number of benzene rings is 2. The molecule has 0 fully saturated rings. The average molecular weight is 462 g/mol. The zero-order chi connectivity index (χ0) is 19.2. The van der Waals surface area contributed by atoms with E-state index in [1.54, 1.807) is 36.4 Å². The standard InChI is InChI=1S/C17H20BrNO5S2/c1-24-16-9-8-15(18)12-17(16)26(22,23)19-10-5-11-25(20,21)13-14-6-3-2-4-7-14/h2-4,6-9,12,19H,5,10-11,13H2,1H3. The summed E-state index contributed by atoms with van der Waals surface area (Å²) in [6, 6.07) is 13.5. The van der Waals surface area contributed by atoms with Crippen molar-refractivity contribution in [3.8, 4) is 5.75 Å². The van der Waals surface area contributed by atoms with Crippen LogP contribution in [0.3, 0.4) is 0 Å². The molecule has 0 aliphatic rings. The normalized spacial score (nSPS) is 12.1. The molecule has 0 saturated carbocycles. The van der Waals surface area contributed by atoms with Crippen LogP contribution in [0, 0.1) is 0 Å². The summed E-state index contributed by atoms with van der Waals surface area (Å²) in [6.45, 7) is 0.0199. The van der Waals surface area contributed by atoms with E-state index in [2.05, 4.69) is 20.7 Å². The fourth-order valence-corrected chi connectivity index (χ4v) is 5.55. The molecule has 0 amide bonds. The first kappa shape index (κ1) is 20.9. The summed E-state index contributed by atoms with van der Waals surface area (Å²) in [5.41, 5.74) is 0.715. The molecule has 0 spiro atoms. The van der Waals surface area contributed by atoms with Crippen molar-refractivity contribution in [3.63, 3.8) is 0 Å². The predicted octanol–water partition coefficient (Wildman–Crippen LogP) is 2.74. The SMILES string of the molecule is COc1ccc(Br)cc1S(=O)(=O)NCCCS(=O)(=O)Cc1ccccc1. The van der Waals surface area contributed by atoms with Gasteiger partial charge in [0.15, 0.2) is 9.84 Å². The number of sulfone groups is 1. The van der Waals surface area contributed by atoms with Gasteiger partial charge in [-0.2, -0.15) is 0 Å². The number of ether oxygens (including phenoxy) is 1. The molecule has 0 saturated heterocycles. The molecule has 2 aromatic carbocycles. The van der Waals surface area contributed by atoms with Crippen LogP contribution in [0.4, 0.5) is 0 Å². The highest BCUT2D eigenvalue weighted by molar-refractivity contribution is 9.10. The minimum atomic E-state index is -3.80. The lowest BCUT2D eigenvalue weighted by molar-refractivity contribution is 0.402. The van der Waals surface area contributed by atoms with Gasteiger partial charge in [-0.25, -0.2) is 21.6 Å². The topological polar surface area (TPSA) is 89.5 Å². The fourth-order valence-electron chi connectivity index (χ4n) is 2.34. The van der Waals surface area contributed by atoms with Gasteiger partial charge in [-0.05, 0) is 30.2 Å². The first-order chi connectivity index (χ1) is 12.2. The van der Waals surface area contributed by atoms with E-state index in [1.807, 2.05) is 6.07 Å². The van der Waals surface area contributed by atoms with Crippen LogP contribution in [0.15, 0.2) is 57.9 Å². The molecular weight excluding hydrogens is 442 g/mol. The van der Waals surface area contributed by atoms with E-state index >= 15 is 0 Å². The van der Waals surface area contributed by atoms with Gasteiger partial charge in [0.2, 0.25) is 10.0 Å². The molecule has 6 nitrogen and oxygen atoms in total. The summed E-state index contributed by atoms with van der Waals surface area (Å²) >= 11 is 3.23. The lowest BCUT2D eigenvalue weighted by Crippen LogP contribution is -2.27. The number of sulfonamides is 1. The van der Waals surface area contributed by atoms with Crippen molar-refractivity contribution in [3.05, 3.63) is 58.6 Å². The third-order valence-corrected chi connectivity index (χ3v) is 7.23. The average Bonchev–Trinajstić information content (AvgIpc) is 2.59. The lowest BCUT2D eigenvalue weighted by atomic mass is 10.2. The molecule has 0 heterocycles. The van der Waals surface area contributed by atoms with Crippen molar-refractivity contribution >= 4 is 35.8 Å². The summed E-state index contributed by atoms with van der Waals surface area (Å²) in [5, 5.41) is 0. The van der Waals surface area contributed by atoms with Crippen molar-refractivity contribution in [2.45, 2.75) is 17.1 Å². The van der Waals surface area contributed by atoms with E-state index in [0.717, 1.165) is 0 Å². The molecule has 26 heavy (non-hydrogen) atoms. The molecule has 0 unspecified atom stereocenters. The number of methoxy groups -OCH3 is 1. The number of hydrogen-bond acceptors (Lipinski definition) is 5. The van der Waals surface area contributed by atoms with Gasteiger partial charge in [0.05, 0.1) is 18.6 Å². The second-order valence-electron chi connectivity index (χ2n) is 5.62. The van der Waals surface area contributed by atoms with E-state index in [1.165, 1.54) is 13.2 Å². The van der Waals surface area contributed by atoms with Crippen LogP contribution < -0.4 is 9.46 Å². The minimum absolute atomic E-state index is 0.00141. The molecule has 142 valence electrons. The van der Waals surface area contributed by atoms with Gasteiger partial charge in [-0.15, -0.1) is 0 Å². The van der Waals surface area contributed by atoms with E-state index < -0.39 is 19.9 Å². The minimum Gasteiger partial charge on any atom is -0.495 e. The van der Waals surface area contributed by atoms with Crippen molar-refractivity contribution in [2.24, 2.45) is 0 Å². The Hall–Kier alpha value is -1.42. The maximum atomic E-state index is 12.4. The number of nitrogens with one attached hydrogen (secondary N) is 1. The quantitative estimate of drug-likeness (QED) is 0.579. The Labute approximate surface area is 162 Å². The Morgan fingerprint density at radius 2 is 1.73 bits per heavy atom. The highest BCUT2D eigenvalue weighted by atomic mass is 79.9. The third-order valence-electron chi connectivity index (χ3n) is 3.57. The third kappa shape index (κ3) is 6.08. The van der Waals surface area contributed by atoms with Gasteiger partial charge in [-0.3, -0.25) is 0 Å². The van der Waals surface area contributed by atoms with Crippen molar-refractivity contribution in [2.75, 3.05) is 19.4 Å². The second kappa shape index (κ2) is 8.98. The highest BCUT2D eigenvalue weighted by Crippen LogP contribution is 2.27. The highest BCUT2D eigenvalue weighted by Gasteiger charge is 2.20. The molecule has 0 aliphatic carbocycles. The second-order valence-corrected chi connectivity index (χ2v) is 10.5. The molecule has 9 heteroatoms. The smallest absolute Gasteiger partial charge is 0.244 e. The summed E-state index contributed by atoms with van der Waals surface area (Å²) in [7, 11) is -5.72. The predicted molar refractivity (Wildman–Crippen MR) is 104 cm³/mol. The van der Waals surface area contributed by atoms with Gasteiger partial charge in [0, 0.05) is 11.0 Å². The van der Waals surface area contributed by atoms with Crippen LogP contribution in [-0.4, -0.2) is 36.2 Å². The molecule has 1 N–H and O–H groups in total. The van der Waals surface area contributed by atoms with Crippen LogP contribution in [0.25, 0.3) is 0 Å². The Kier molecular flexibility index (Phi) is 7.22. The van der Waals surface area contributed by atoms with Crippen LogP contribution in [-0.2, 0) is 25.6 Å². The monoisotopic (exact) mass is 461 g/mol. The molecule has 2 rings (SSSR count). The van der Waals surface area contributed by atoms with Gasteiger partial charge in [0.25, 0.3) is 0 Å². The zero-order valence-electron chi connectivity index (χ0n) is 14.2. The van der Waals surface area contributed by atoms with Gasteiger partial charge in [-0.1, -0.05) is 46.3 Å². The fraction of sp³-hybridized carbons (Fsp3) is 0.294. The summed E-state index contributed by atoms with van der Waals surface area (Å²) in [4.78, 5) is 0.00141. The Morgan fingerprint density at radius 3 is 2.38 bits per heavy atom. The van der Waals surface area contributed by atoms with Gasteiger partial charge in [0.1, 0.15) is 10.6 Å². The first-order valence-electron chi connectivity index (χ1n) is 7.81. The van der Waals surface area contributed by atoms with E-state index in [0.29, 0.717) is 10.0 Å². The summed E-state index contributed by atoms with van der Waals surface area (Å²) in [5.74, 6) is 0.0671. The van der Waals surface area contributed by atoms with E-state index in [-0.39, 0.29) is 35.1 Å². The molecule has 2 aromatic rings. The Bertz CT molecular complexity index is 944. The van der Waals surface area contributed by atoms with Crippen molar-refractivity contribution in [1.29, 1.82) is 0 Å². The number of halogens is 1. The molecule has 0 aromatic heterocycles. The maximum Gasteiger partial charge on any atom is 0.244 e. The lowest BCUT2D eigenvalue weighted by Gasteiger charge is -2.11. The van der Waals surface area contributed by atoms with Crippen molar-refractivity contribution < 1.29 is 21.6 Å². The molecule has 0 aliphatic heterocycles. The van der Waals surface area contributed by atoms with E-state index in [4.69, 9.17) is 4.74 Å². The van der Waals surface area contributed by atoms with Crippen molar-refractivity contribution in [1.82, 2.24) is 4.72 Å². The number of rotatable bonds is 9. The Morgan fingerprint density at radius 1 is 1.04 bits per heavy atom. The molecule has 0 atom stereocenters. The molecular formula is C17H20BrNO5S2. The molecule has 0 bridgehead atoms. The summed E-state index contributed by atoms with van der Waals surface area (Å²) < 4.78 is 57.2. The van der Waals surface area contributed by atoms with Gasteiger partial charge < -0.3 is 4.74 Å². The number of hydrogen-bond donors (Lipinski definition) is 1. The van der Waals surface area contributed by atoms with E-state index in [9.17, 15) is 16.8 Å². The largest absolute Gasteiger partial charge is 0.495 e.